The molecular weight excluding hydrogens is 432 g/mol. The molecular formula is C17H17BrN6O2S. The molecule has 0 bridgehead atoms. The monoisotopic (exact) mass is 448 g/mol. The largest absolute Gasteiger partial charge is 0.352 e. The van der Waals surface area contributed by atoms with E-state index in [-0.39, 0.29) is 0 Å². The summed E-state index contributed by atoms with van der Waals surface area (Å²) in [6, 6.07) is 12.4. The Kier molecular flexibility index (Phi) is 4.94. The van der Waals surface area contributed by atoms with Crippen LogP contribution in [0.4, 0.5) is 5.82 Å². The van der Waals surface area contributed by atoms with Gasteiger partial charge in [-0.05, 0) is 46.3 Å². The Morgan fingerprint density at radius 1 is 0.889 bits per heavy atom. The van der Waals surface area contributed by atoms with Gasteiger partial charge >= 0.3 is 0 Å². The molecule has 0 radical (unpaired) electrons. The molecule has 2 aromatic heterocycles. The molecule has 1 aliphatic rings. The highest BCUT2D eigenvalue weighted by Crippen LogP contribution is 2.26. The van der Waals surface area contributed by atoms with Crippen LogP contribution in [0.15, 0.2) is 64.2 Å². The molecule has 0 aliphatic carbocycles. The molecule has 1 fully saturated rings. The molecule has 10 heteroatoms. The van der Waals surface area contributed by atoms with Crippen molar-refractivity contribution < 1.29 is 8.42 Å². The molecule has 1 aromatic carbocycles. The van der Waals surface area contributed by atoms with Crippen molar-refractivity contribution in [1.29, 1.82) is 0 Å². The number of anilines is 1. The van der Waals surface area contributed by atoms with Crippen LogP contribution in [-0.2, 0) is 10.0 Å². The molecule has 3 aromatic rings. The zero-order valence-corrected chi connectivity index (χ0v) is 16.7. The molecule has 8 nitrogen and oxygen atoms in total. The van der Waals surface area contributed by atoms with Crippen molar-refractivity contribution in [2.24, 2.45) is 0 Å². The van der Waals surface area contributed by atoms with Crippen LogP contribution in [0.1, 0.15) is 0 Å². The third-order valence-corrected chi connectivity index (χ3v) is 7.30. The van der Waals surface area contributed by atoms with Crippen LogP contribution in [0.2, 0.25) is 0 Å². The topological polar surface area (TPSA) is 84.2 Å². The molecule has 4 rings (SSSR count). The van der Waals surface area contributed by atoms with Crippen molar-refractivity contribution in [1.82, 2.24) is 24.3 Å². The van der Waals surface area contributed by atoms with E-state index in [0.717, 1.165) is 5.82 Å². The minimum atomic E-state index is -3.52. The average molecular weight is 449 g/mol. The number of benzene rings is 1. The Bertz CT molecular complexity index is 1020. The van der Waals surface area contributed by atoms with Crippen molar-refractivity contribution in [3.63, 3.8) is 0 Å². The predicted octanol–water partition coefficient (Wildman–Crippen LogP) is 1.94. The van der Waals surface area contributed by atoms with Crippen molar-refractivity contribution in [2.45, 2.75) is 4.90 Å². The number of nitrogens with zero attached hydrogens (tertiary/aromatic N) is 6. The second-order valence-electron chi connectivity index (χ2n) is 6.02. The summed E-state index contributed by atoms with van der Waals surface area (Å²) in [5.74, 6) is 1.36. The van der Waals surface area contributed by atoms with E-state index in [0.29, 0.717) is 41.4 Å². The third-order valence-electron chi connectivity index (χ3n) is 4.39. The summed E-state index contributed by atoms with van der Waals surface area (Å²) in [6.07, 6.45) is 3.48. The average Bonchev–Trinajstić information content (AvgIpc) is 3.23. The number of sulfonamides is 1. The maximum Gasteiger partial charge on any atom is 0.244 e. The first-order valence-corrected chi connectivity index (χ1v) is 10.6. The van der Waals surface area contributed by atoms with Crippen LogP contribution in [0.25, 0.3) is 5.82 Å². The zero-order chi connectivity index (χ0) is 18.9. The summed E-state index contributed by atoms with van der Waals surface area (Å²) >= 11 is 3.33. The van der Waals surface area contributed by atoms with Gasteiger partial charge in [0.1, 0.15) is 0 Å². The fraction of sp³-hybridized carbons (Fsp3) is 0.235. The number of hydrogen-bond acceptors (Lipinski definition) is 6. The summed E-state index contributed by atoms with van der Waals surface area (Å²) in [4.78, 5) is 2.33. The van der Waals surface area contributed by atoms with Gasteiger partial charge in [0.05, 0.1) is 4.90 Å². The van der Waals surface area contributed by atoms with E-state index in [1.165, 1.54) is 4.31 Å². The molecule has 0 unspecified atom stereocenters. The second kappa shape index (κ2) is 7.37. The van der Waals surface area contributed by atoms with Crippen LogP contribution in [0, 0.1) is 0 Å². The molecule has 0 atom stereocenters. The van der Waals surface area contributed by atoms with Crippen molar-refractivity contribution in [2.75, 3.05) is 31.1 Å². The zero-order valence-electron chi connectivity index (χ0n) is 14.3. The number of piperazine rings is 1. The lowest BCUT2D eigenvalue weighted by atomic mass is 10.3. The van der Waals surface area contributed by atoms with Gasteiger partial charge in [-0.2, -0.15) is 9.40 Å². The van der Waals surface area contributed by atoms with Crippen molar-refractivity contribution in [3.05, 3.63) is 59.3 Å². The van der Waals surface area contributed by atoms with E-state index < -0.39 is 10.0 Å². The second-order valence-corrected chi connectivity index (χ2v) is 8.78. The van der Waals surface area contributed by atoms with E-state index >= 15 is 0 Å². The van der Waals surface area contributed by atoms with E-state index in [9.17, 15) is 8.42 Å². The van der Waals surface area contributed by atoms with Crippen LogP contribution >= 0.6 is 15.9 Å². The summed E-state index contributed by atoms with van der Waals surface area (Å²) in [6.45, 7) is 1.90. The predicted molar refractivity (Wildman–Crippen MR) is 104 cm³/mol. The third kappa shape index (κ3) is 3.60. The van der Waals surface area contributed by atoms with Crippen molar-refractivity contribution in [3.8, 4) is 5.82 Å². The minimum absolute atomic E-state index is 0.293. The number of aromatic nitrogens is 4. The summed E-state index contributed by atoms with van der Waals surface area (Å²) < 4.78 is 29.5. The van der Waals surface area contributed by atoms with Gasteiger partial charge in [0.15, 0.2) is 11.6 Å². The highest BCUT2D eigenvalue weighted by molar-refractivity contribution is 9.10. The van der Waals surface area contributed by atoms with Crippen LogP contribution in [0.3, 0.4) is 0 Å². The van der Waals surface area contributed by atoms with E-state index in [2.05, 4.69) is 31.2 Å². The first kappa shape index (κ1) is 18.1. The molecule has 3 heterocycles. The van der Waals surface area contributed by atoms with E-state index in [1.807, 2.05) is 23.1 Å². The fourth-order valence-electron chi connectivity index (χ4n) is 2.96. The highest BCUT2D eigenvalue weighted by atomic mass is 79.9. The Balaban J connectivity index is 1.45. The van der Waals surface area contributed by atoms with Crippen molar-refractivity contribution >= 4 is 31.8 Å². The first-order valence-electron chi connectivity index (χ1n) is 8.39. The molecule has 0 N–H and O–H groups in total. The molecule has 0 amide bonds. The first-order chi connectivity index (χ1) is 13.1. The Hall–Kier alpha value is -2.30. The van der Waals surface area contributed by atoms with Gasteiger partial charge in [0.2, 0.25) is 10.0 Å². The molecule has 1 aliphatic heterocycles. The lowest BCUT2D eigenvalue weighted by Crippen LogP contribution is -2.49. The van der Waals surface area contributed by atoms with Gasteiger partial charge < -0.3 is 4.90 Å². The van der Waals surface area contributed by atoms with Gasteiger partial charge in [0.25, 0.3) is 0 Å². The fourth-order valence-corrected chi connectivity index (χ4v) is 5.35. The Morgan fingerprint density at radius 2 is 1.59 bits per heavy atom. The van der Waals surface area contributed by atoms with Gasteiger partial charge in [-0.15, -0.1) is 10.2 Å². The number of halogens is 1. The lowest BCUT2D eigenvalue weighted by molar-refractivity contribution is 0.383. The minimum Gasteiger partial charge on any atom is -0.352 e. The van der Waals surface area contributed by atoms with E-state index in [4.69, 9.17) is 0 Å². The smallest absolute Gasteiger partial charge is 0.244 e. The van der Waals surface area contributed by atoms with Crippen LogP contribution in [-0.4, -0.2) is 58.9 Å². The molecule has 27 heavy (non-hydrogen) atoms. The number of hydrogen-bond donors (Lipinski definition) is 0. The molecule has 0 saturated carbocycles. The normalized spacial score (nSPS) is 15.8. The lowest BCUT2D eigenvalue weighted by Gasteiger charge is -2.34. The van der Waals surface area contributed by atoms with E-state index in [1.54, 1.807) is 41.3 Å². The SMILES string of the molecule is O=S(=O)(c1ccccc1Br)N1CCN(c2ccc(-n3cccn3)nn2)CC1. The van der Waals surface area contributed by atoms with Gasteiger partial charge in [0, 0.05) is 43.0 Å². The summed E-state index contributed by atoms with van der Waals surface area (Å²) in [7, 11) is -3.52. The maximum absolute atomic E-state index is 12.9. The van der Waals surface area contributed by atoms with Crippen LogP contribution in [0.5, 0.6) is 0 Å². The Morgan fingerprint density at radius 3 is 2.22 bits per heavy atom. The molecule has 1 saturated heterocycles. The van der Waals surface area contributed by atoms with Gasteiger partial charge in [-0.3, -0.25) is 0 Å². The number of rotatable bonds is 4. The van der Waals surface area contributed by atoms with Gasteiger partial charge in [-0.25, -0.2) is 13.1 Å². The van der Waals surface area contributed by atoms with Gasteiger partial charge in [-0.1, -0.05) is 12.1 Å². The summed E-state index contributed by atoms with van der Waals surface area (Å²) in [5.41, 5.74) is 0. The molecule has 140 valence electrons. The standard InChI is InChI=1S/C17H17BrN6O2S/c18-14-4-1-2-5-15(14)27(25,26)23-12-10-22(11-13-23)16-6-7-17(21-20-16)24-9-3-8-19-24/h1-9H,10-13H2. The Labute approximate surface area is 165 Å². The van der Waals surface area contributed by atoms with Crippen LogP contribution < -0.4 is 4.90 Å². The highest BCUT2D eigenvalue weighted by Gasteiger charge is 2.30. The maximum atomic E-state index is 12.9. The molecule has 0 spiro atoms. The quantitative estimate of drug-likeness (QED) is 0.606. The summed E-state index contributed by atoms with van der Waals surface area (Å²) in [5, 5.41) is 12.6.